The van der Waals surface area contributed by atoms with Crippen LogP contribution in [0.5, 0.6) is 0 Å². The summed E-state index contributed by atoms with van der Waals surface area (Å²) in [4.78, 5) is 9.50. The van der Waals surface area contributed by atoms with Crippen LogP contribution in [0.2, 0.25) is 0 Å². The summed E-state index contributed by atoms with van der Waals surface area (Å²) in [6.07, 6.45) is 1.03. The van der Waals surface area contributed by atoms with E-state index in [0.29, 0.717) is 0 Å². The number of benzene rings is 2. The molecular formula is C18H17N3. The highest BCUT2D eigenvalue weighted by molar-refractivity contribution is 5.86. The van der Waals surface area contributed by atoms with E-state index in [2.05, 4.69) is 54.7 Å². The highest BCUT2D eigenvalue weighted by Crippen LogP contribution is 2.24. The molecule has 3 nitrogen and oxygen atoms in total. The SMILES string of the molecule is Cc1nc(-c2ccc3ccccc3c2)nc2c1CCNC2. The molecule has 21 heavy (non-hydrogen) atoms. The number of aryl methyl sites for hydroxylation is 1. The zero-order valence-electron chi connectivity index (χ0n) is 12.1. The Balaban J connectivity index is 1.86. The molecule has 0 amide bonds. The first kappa shape index (κ1) is 12.5. The summed E-state index contributed by atoms with van der Waals surface area (Å²) in [7, 11) is 0. The first-order valence-corrected chi connectivity index (χ1v) is 7.37. The van der Waals surface area contributed by atoms with Crippen LogP contribution in [0.3, 0.4) is 0 Å². The van der Waals surface area contributed by atoms with Crippen LogP contribution in [0.15, 0.2) is 42.5 Å². The van der Waals surface area contributed by atoms with E-state index < -0.39 is 0 Å². The van der Waals surface area contributed by atoms with Gasteiger partial charge in [0.25, 0.3) is 0 Å². The summed E-state index contributed by atoms with van der Waals surface area (Å²) in [5.41, 5.74) is 4.67. The second-order valence-electron chi connectivity index (χ2n) is 5.55. The van der Waals surface area contributed by atoms with E-state index in [1.165, 1.54) is 16.3 Å². The Labute approximate surface area is 124 Å². The monoisotopic (exact) mass is 275 g/mol. The molecule has 0 saturated carbocycles. The Hall–Kier alpha value is -2.26. The number of hydrogen-bond donors (Lipinski definition) is 1. The van der Waals surface area contributed by atoms with E-state index in [-0.39, 0.29) is 0 Å². The van der Waals surface area contributed by atoms with E-state index in [1.807, 2.05) is 0 Å². The summed E-state index contributed by atoms with van der Waals surface area (Å²) >= 11 is 0. The molecular weight excluding hydrogens is 258 g/mol. The van der Waals surface area contributed by atoms with Gasteiger partial charge in [0.05, 0.1) is 5.69 Å². The molecule has 0 radical (unpaired) electrons. The van der Waals surface area contributed by atoms with Gasteiger partial charge in [-0.25, -0.2) is 9.97 Å². The lowest BCUT2D eigenvalue weighted by Gasteiger charge is -2.18. The molecule has 1 aliphatic heterocycles. The largest absolute Gasteiger partial charge is 0.311 e. The molecule has 0 unspecified atom stereocenters. The van der Waals surface area contributed by atoms with Gasteiger partial charge in [-0.05, 0) is 42.3 Å². The van der Waals surface area contributed by atoms with Gasteiger partial charge in [-0.2, -0.15) is 0 Å². The van der Waals surface area contributed by atoms with Crippen molar-refractivity contribution >= 4 is 10.8 Å². The van der Waals surface area contributed by atoms with Crippen molar-refractivity contribution in [1.29, 1.82) is 0 Å². The Morgan fingerprint density at radius 3 is 2.76 bits per heavy atom. The van der Waals surface area contributed by atoms with Crippen molar-refractivity contribution < 1.29 is 0 Å². The van der Waals surface area contributed by atoms with E-state index in [4.69, 9.17) is 9.97 Å². The lowest BCUT2D eigenvalue weighted by atomic mass is 10.0. The first-order valence-electron chi connectivity index (χ1n) is 7.37. The molecule has 0 bridgehead atoms. The molecule has 0 saturated heterocycles. The van der Waals surface area contributed by atoms with Gasteiger partial charge in [-0.3, -0.25) is 0 Å². The van der Waals surface area contributed by atoms with Gasteiger partial charge in [0.2, 0.25) is 0 Å². The van der Waals surface area contributed by atoms with Crippen LogP contribution in [-0.2, 0) is 13.0 Å². The van der Waals surface area contributed by atoms with Crippen molar-refractivity contribution in [1.82, 2.24) is 15.3 Å². The molecule has 0 spiro atoms. The fraction of sp³-hybridized carbons (Fsp3) is 0.222. The third-order valence-corrected chi connectivity index (χ3v) is 4.15. The Morgan fingerprint density at radius 2 is 1.86 bits per heavy atom. The lowest BCUT2D eigenvalue weighted by Crippen LogP contribution is -2.26. The van der Waals surface area contributed by atoms with Crippen LogP contribution in [0.1, 0.15) is 17.0 Å². The Morgan fingerprint density at radius 1 is 1.00 bits per heavy atom. The van der Waals surface area contributed by atoms with Gasteiger partial charge >= 0.3 is 0 Å². The molecule has 4 rings (SSSR count). The van der Waals surface area contributed by atoms with Crippen molar-refractivity contribution in [2.24, 2.45) is 0 Å². The number of aromatic nitrogens is 2. The molecule has 1 aromatic heterocycles. The van der Waals surface area contributed by atoms with E-state index in [0.717, 1.165) is 42.3 Å². The zero-order valence-corrected chi connectivity index (χ0v) is 12.1. The summed E-state index contributed by atoms with van der Waals surface area (Å²) in [6.45, 7) is 3.96. The van der Waals surface area contributed by atoms with Crippen molar-refractivity contribution in [3.05, 3.63) is 59.4 Å². The van der Waals surface area contributed by atoms with Gasteiger partial charge < -0.3 is 5.32 Å². The minimum absolute atomic E-state index is 0.834. The van der Waals surface area contributed by atoms with Gasteiger partial charge in [0.15, 0.2) is 5.82 Å². The van der Waals surface area contributed by atoms with Crippen LogP contribution < -0.4 is 5.32 Å². The molecule has 104 valence electrons. The molecule has 0 atom stereocenters. The Kier molecular flexibility index (Phi) is 2.93. The average Bonchev–Trinajstić information content (AvgIpc) is 2.54. The van der Waals surface area contributed by atoms with Crippen LogP contribution in [0.4, 0.5) is 0 Å². The van der Waals surface area contributed by atoms with Crippen LogP contribution >= 0.6 is 0 Å². The van der Waals surface area contributed by atoms with Crippen molar-refractivity contribution in [2.75, 3.05) is 6.54 Å². The standard InChI is InChI=1S/C18H17N3/c1-12-16-8-9-19-11-17(16)21-18(20-12)15-7-6-13-4-2-3-5-14(13)10-15/h2-7,10,19H,8-9,11H2,1H3. The quantitative estimate of drug-likeness (QED) is 0.741. The number of rotatable bonds is 1. The summed E-state index contributed by atoms with van der Waals surface area (Å²) in [6, 6.07) is 14.8. The van der Waals surface area contributed by atoms with Crippen molar-refractivity contribution in [2.45, 2.75) is 19.9 Å². The third kappa shape index (κ3) is 2.20. The predicted octanol–water partition coefficient (Wildman–Crippen LogP) is 3.25. The third-order valence-electron chi connectivity index (χ3n) is 4.15. The van der Waals surface area contributed by atoms with Gasteiger partial charge in [-0.15, -0.1) is 0 Å². The molecule has 0 fully saturated rings. The minimum atomic E-state index is 0.834. The van der Waals surface area contributed by atoms with Crippen molar-refractivity contribution in [3.63, 3.8) is 0 Å². The van der Waals surface area contributed by atoms with Crippen LogP contribution in [0, 0.1) is 6.92 Å². The van der Waals surface area contributed by atoms with E-state index in [9.17, 15) is 0 Å². The number of hydrogen-bond acceptors (Lipinski definition) is 3. The maximum Gasteiger partial charge on any atom is 0.159 e. The maximum absolute atomic E-state index is 4.78. The predicted molar refractivity (Wildman–Crippen MR) is 85.1 cm³/mol. The lowest BCUT2D eigenvalue weighted by molar-refractivity contribution is 0.620. The number of fused-ring (bicyclic) bond motifs is 2. The van der Waals surface area contributed by atoms with Gasteiger partial charge in [0.1, 0.15) is 0 Å². The second kappa shape index (κ2) is 4.93. The normalized spacial score (nSPS) is 14.1. The van der Waals surface area contributed by atoms with Crippen LogP contribution in [-0.4, -0.2) is 16.5 Å². The number of nitrogens with one attached hydrogen (secondary N) is 1. The van der Waals surface area contributed by atoms with Crippen molar-refractivity contribution in [3.8, 4) is 11.4 Å². The fourth-order valence-electron chi connectivity index (χ4n) is 3.00. The first-order chi connectivity index (χ1) is 10.3. The summed E-state index contributed by atoms with van der Waals surface area (Å²) in [5.74, 6) is 0.834. The fourth-order valence-corrected chi connectivity index (χ4v) is 3.00. The molecule has 3 heteroatoms. The molecule has 1 aliphatic rings. The molecule has 2 heterocycles. The zero-order chi connectivity index (χ0) is 14.2. The maximum atomic E-state index is 4.78. The average molecular weight is 275 g/mol. The van der Waals surface area contributed by atoms with Gasteiger partial charge in [-0.1, -0.05) is 36.4 Å². The number of nitrogens with zero attached hydrogens (tertiary/aromatic N) is 2. The molecule has 2 aromatic carbocycles. The molecule has 1 N–H and O–H groups in total. The molecule has 3 aromatic rings. The highest BCUT2D eigenvalue weighted by atomic mass is 15.0. The van der Waals surface area contributed by atoms with Crippen LogP contribution in [0.25, 0.3) is 22.2 Å². The minimum Gasteiger partial charge on any atom is -0.311 e. The van der Waals surface area contributed by atoms with E-state index in [1.54, 1.807) is 0 Å². The Bertz CT molecular complexity index is 824. The van der Waals surface area contributed by atoms with Gasteiger partial charge in [0, 0.05) is 17.8 Å². The summed E-state index contributed by atoms with van der Waals surface area (Å²) < 4.78 is 0. The summed E-state index contributed by atoms with van der Waals surface area (Å²) in [5, 5.41) is 5.86. The molecule has 0 aliphatic carbocycles. The highest BCUT2D eigenvalue weighted by Gasteiger charge is 2.15. The second-order valence-corrected chi connectivity index (χ2v) is 5.55. The smallest absolute Gasteiger partial charge is 0.159 e. The topological polar surface area (TPSA) is 37.8 Å². The van der Waals surface area contributed by atoms with E-state index >= 15 is 0 Å².